The summed E-state index contributed by atoms with van der Waals surface area (Å²) in [6, 6.07) is 0. The fourth-order valence-corrected chi connectivity index (χ4v) is 0.498. The first-order valence-electron chi connectivity index (χ1n) is 5.31. The molecule has 0 amide bonds. The number of hydrogen-bond donors (Lipinski definition) is 0. The van der Waals surface area contributed by atoms with Crippen molar-refractivity contribution in [1.82, 2.24) is 0 Å². The molecule has 0 aromatic heterocycles. The van der Waals surface area contributed by atoms with Gasteiger partial charge in [-0.15, -0.1) is 6.58 Å². The van der Waals surface area contributed by atoms with Crippen LogP contribution >= 0.6 is 0 Å². The van der Waals surface area contributed by atoms with Crippen LogP contribution in [0.5, 0.6) is 0 Å². The van der Waals surface area contributed by atoms with E-state index in [1.807, 2.05) is 20.8 Å². The Labute approximate surface area is 126 Å². The van der Waals surface area contributed by atoms with Crippen molar-refractivity contribution in [3.05, 3.63) is 24.5 Å². The fourth-order valence-electron chi connectivity index (χ4n) is 0.498. The predicted octanol–water partition coefficient (Wildman–Crippen LogP) is 3.30. The van der Waals surface area contributed by atoms with Crippen molar-refractivity contribution in [2.45, 2.75) is 47.5 Å². The number of carbonyl (C=O) groups excluding carboxylic acids is 1. The van der Waals surface area contributed by atoms with Crippen LogP contribution in [0.1, 0.15) is 47.5 Å². The molecule has 0 fully saturated rings. The molecule has 0 rings (SSSR count). The Morgan fingerprint density at radius 3 is 1.88 bits per heavy atom. The Bertz CT molecular complexity index is 161. The van der Waals surface area contributed by atoms with Gasteiger partial charge in [-0.25, -0.2) is 0 Å². The number of rotatable bonds is 3. The predicted molar refractivity (Wildman–Crippen MR) is 69.9 cm³/mol. The summed E-state index contributed by atoms with van der Waals surface area (Å²) < 4.78 is 0. The maximum Gasteiger partial charge on any atom is 0.221 e. The molecule has 3 N–H and O–H groups in total. The zero-order valence-corrected chi connectivity index (χ0v) is 14.2. The van der Waals surface area contributed by atoms with Crippen molar-refractivity contribution in [1.29, 1.82) is 0 Å². The SMILES string of the molecule is C/C=C(\C)[OH2+].C=CC.CCCC(C)[C-]=[OH+].[Y]. The molecule has 1 radical (unpaired) electrons. The smallest absolute Gasteiger partial charge is 0.221 e. The molecule has 3 heteroatoms. The molecule has 0 aliphatic rings. The molecule has 16 heavy (non-hydrogen) atoms. The molecule has 0 aromatic rings. The average Bonchev–Trinajstić information content (AvgIpc) is 2.20. The second-order valence-corrected chi connectivity index (χ2v) is 3.20. The van der Waals surface area contributed by atoms with Crippen LogP contribution in [0.3, 0.4) is 0 Å². The van der Waals surface area contributed by atoms with Gasteiger partial charge in [-0.1, -0.05) is 38.7 Å². The van der Waals surface area contributed by atoms with Crippen molar-refractivity contribution in [3.8, 4) is 0 Å². The van der Waals surface area contributed by atoms with Crippen LogP contribution in [-0.2, 0) is 32.7 Å². The number of hydrogen-bond acceptors (Lipinski definition) is 0. The summed E-state index contributed by atoms with van der Waals surface area (Å²) in [5.74, 6) is 0.884. The molecule has 1 atom stereocenters. The van der Waals surface area contributed by atoms with Crippen molar-refractivity contribution in [2.75, 3.05) is 0 Å². The number of allylic oxidation sites excluding steroid dienone is 3. The first-order valence-corrected chi connectivity index (χ1v) is 5.31. The van der Waals surface area contributed by atoms with Crippen LogP contribution in [0, 0.1) is 5.92 Å². The topological polar surface area (TPSA) is 44.3 Å². The third kappa shape index (κ3) is 48.1. The molecule has 1 unspecified atom stereocenters. The van der Waals surface area contributed by atoms with Gasteiger partial charge in [-0.3, -0.25) is 0 Å². The van der Waals surface area contributed by atoms with Gasteiger partial charge < -0.3 is 9.90 Å². The molecule has 0 aromatic carbocycles. The minimum atomic E-state index is 0. The monoisotopic (exact) mass is 304 g/mol. The van der Waals surface area contributed by atoms with Gasteiger partial charge in [-0.2, -0.15) is 0 Å². The molecule has 0 spiro atoms. The summed E-state index contributed by atoms with van der Waals surface area (Å²) in [6.07, 6.45) is 7.82. The Morgan fingerprint density at radius 2 is 1.81 bits per heavy atom. The van der Waals surface area contributed by atoms with Gasteiger partial charge in [0.1, 0.15) is 0 Å². The molecular weight excluding hydrogens is 277 g/mol. The quantitative estimate of drug-likeness (QED) is 0.332. The summed E-state index contributed by atoms with van der Waals surface area (Å²) in [7, 11) is 0. The van der Waals surface area contributed by atoms with Gasteiger partial charge in [0.2, 0.25) is 5.76 Å². The summed E-state index contributed by atoms with van der Waals surface area (Å²) in [6.45, 7) is 12.9. The van der Waals surface area contributed by atoms with Crippen LogP contribution in [0.25, 0.3) is 0 Å². The Hall–Kier alpha value is 0.0539. The third-order valence-electron chi connectivity index (χ3n) is 1.38. The van der Waals surface area contributed by atoms with E-state index in [0.29, 0.717) is 5.76 Å². The summed E-state index contributed by atoms with van der Waals surface area (Å²) >= 11 is 0. The Balaban J connectivity index is -0.0000000710. The van der Waals surface area contributed by atoms with Crippen LogP contribution < -0.4 is 0 Å². The van der Waals surface area contributed by atoms with E-state index in [9.17, 15) is 0 Å². The van der Waals surface area contributed by atoms with Gasteiger partial charge in [-0.05, 0) is 20.1 Å². The van der Waals surface area contributed by atoms with E-state index in [1.165, 1.54) is 0 Å². The van der Waals surface area contributed by atoms with Gasteiger partial charge >= 0.3 is 0 Å². The van der Waals surface area contributed by atoms with Crippen LogP contribution in [-0.4, -0.2) is 16.2 Å². The molecule has 2 nitrogen and oxygen atoms in total. The molecule has 0 heterocycles. The van der Waals surface area contributed by atoms with Crippen LogP contribution in [0.15, 0.2) is 24.5 Å². The zero-order chi connectivity index (χ0) is 12.7. The van der Waals surface area contributed by atoms with Crippen LogP contribution in [0.2, 0.25) is 0 Å². The first kappa shape index (κ1) is 25.0. The minimum Gasteiger partial charge on any atom is -0.597 e. The second kappa shape index (κ2) is 24.3. The van der Waals surface area contributed by atoms with Crippen molar-refractivity contribution < 1.29 is 42.6 Å². The van der Waals surface area contributed by atoms with Crippen molar-refractivity contribution in [3.63, 3.8) is 0 Å². The second-order valence-electron chi connectivity index (χ2n) is 3.20. The molecule has 93 valence electrons. The normalized spacial score (nSPS) is 10.4. The fraction of sp³-hybridized carbons (Fsp3) is 0.615. The van der Waals surface area contributed by atoms with Gasteiger partial charge in [0.05, 0.1) is 0 Å². The maximum absolute atomic E-state index is 8.22. The van der Waals surface area contributed by atoms with E-state index in [-0.39, 0.29) is 38.6 Å². The van der Waals surface area contributed by atoms with Gasteiger partial charge in [0.15, 0.2) is 0 Å². The average molecular weight is 304 g/mol. The standard InChI is InChI=1S/C6H12O.C4H8O.C3H6.Y/c1-3-4-6(2)5-7;1-3-4(2)5;1-3-2;/h6-7H,3-4H2,1-2H3;3,5H,1-2H3;3H,1H2,2H3;/p+1/b;4-3+;;. The van der Waals surface area contributed by atoms with E-state index in [2.05, 4.69) is 19.8 Å². The van der Waals surface area contributed by atoms with Crippen molar-refractivity contribution >= 4 is 6.29 Å². The maximum atomic E-state index is 8.22. The summed E-state index contributed by atoms with van der Waals surface area (Å²) in [5, 5.41) is 6.69. The largest absolute Gasteiger partial charge is 0.597 e. The van der Waals surface area contributed by atoms with E-state index in [0.717, 1.165) is 12.8 Å². The first-order chi connectivity index (χ1) is 6.99. The van der Waals surface area contributed by atoms with E-state index in [4.69, 9.17) is 9.90 Å². The zero-order valence-electron chi connectivity index (χ0n) is 11.4. The minimum absolute atomic E-state index is 0. The van der Waals surface area contributed by atoms with Crippen LogP contribution in [0.4, 0.5) is 0 Å². The molecular formula is C13H27O2Y+. The molecule has 0 aliphatic carbocycles. The van der Waals surface area contributed by atoms with Crippen molar-refractivity contribution in [2.24, 2.45) is 5.92 Å². The van der Waals surface area contributed by atoms with E-state index >= 15 is 0 Å². The summed E-state index contributed by atoms with van der Waals surface area (Å²) in [4.78, 5) is 8.22. The van der Waals surface area contributed by atoms with Gasteiger partial charge in [0, 0.05) is 45.7 Å². The Morgan fingerprint density at radius 1 is 1.50 bits per heavy atom. The molecule has 0 saturated heterocycles. The van der Waals surface area contributed by atoms with E-state index in [1.54, 1.807) is 19.1 Å². The van der Waals surface area contributed by atoms with Gasteiger partial charge in [0.25, 0.3) is 0 Å². The van der Waals surface area contributed by atoms with E-state index < -0.39 is 0 Å². The molecule has 0 saturated carbocycles. The molecule has 0 bridgehead atoms. The molecule has 0 aliphatic heterocycles. The Kier molecular flexibility index (Phi) is 38.1. The third-order valence-corrected chi connectivity index (χ3v) is 1.38. The summed E-state index contributed by atoms with van der Waals surface area (Å²) in [5.41, 5.74) is 0.